The van der Waals surface area contributed by atoms with E-state index in [4.69, 9.17) is 9.26 Å². The third-order valence-corrected chi connectivity index (χ3v) is 3.04. The molecule has 0 unspecified atom stereocenters. The highest BCUT2D eigenvalue weighted by atomic mass is 16.5. The van der Waals surface area contributed by atoms with Crippen LogP contribution in [0.1, 0.15) is 18.6 Å². The van der Waals surface area contributed by atoms with E-state index in [1.807, 2.05) is 0 Å². The number of ether oxygens (including phenoxy) is 1. The van der Waals surface area contributed by atoms with Gasteiger partial charge in [-0.05, 0) is 45.1 Å². The predicted octanol–water partition coefficient (Wildman–Crippen LogP) is 0.572. The van der Waals surface area contributed by atoms with Crippen molar-refractivity contribution in [2.75, 3.05) is 26.7 Å². The SMILES string of the molecule is Cc1cc(OCC(=O)NC2CCN(C)CC2)no1. The quantitative estimate of drug-likeness (QED) is 0.849. The Morgan fingerprint density at radius 3 is 2.94 bits per heavy atom. The van der Waals surface area contributed by atoms with Gasteiger partial charge in [0.25, 0.3) is 11.8 Å². The highest BCUT2D eigenvalue weighted by Crippen LogP contribution is 2.10. The van der Waals surface area contributed by atoms with Crippen molar-refractivity contribution in [3.8, 4) is 5.88 Å². The van der Waals surface area contributed by atoms with Gasteiger partial charge in [0, 0.05) is 12.1 Å². The molecule has 1 amide bonds. The summed E-state index contributed by atoms with van der Waals surface area (Å²) in [6, 6.07) is 1.92. The number of hydrogen-bond donors (Lipinski definition) is 1. The van der Waals surface area contributed by atoms with E-state index in [2.05, 4.69) is 22.4 Å². The first-order chi connectivity index (χ1) is 8.63. The summed E-state index contributed by atoms with van der Waals surface area (Å²) in [6.45, 7) is 3.80. The first kappa shape index (κ1) is 12.9. The lowest BCUT2D eigenvalue weighted by Gasteiger charge is -2.29. The van der Waals surface area contributed by atoms with Gasteiger partial charge in [0.05, 0.1) is 0 Å². The summed E-state index contributed by atoms with van der Waals surface area (Å²) in [5.74, 6) is 0.914. The van der Waals surface area contributed by atoms with Gasteiger partial charge in [-0.2, -0.15) is 0 Å². The molecule has 0 aliphatic carbocycles. The predicted molar refractivity (Wildman–Crippen MR) is 65.4 cm³/mol. The Labute approximate surface area is 106 Å². The fourth-order valence-corrected chi connectivity index (χ4v) is 1.97. The van der Waals surface area contributed by atoms with Crippen LogP contribution < -0.4 is 10.1 Å². The van der Waals surface area contributed by atoms with Gasteiger partial charge in [-0.25, -0.2) is 0 Å². The minimum atomic E-state index is -0.106. The molecular weight excluding hydrogens is 234 g/mol. The fraction of sp³-hybridized carbons (Fsp3) is 0.667. The molecule has 1 aliphatic rings. The van der Waals surface area contributed by atoms with Crippen molar-refractivity contribution in [2.24, 2.45) is 0 Å². The Morgan fingerprint density at radius 2 is 2.33 bits per heavy atom. The van der Waals surface area contributed by atoms with Crippen LogP contribution in [0.4, 0.5) is 0 Å². The number of piperidine rings is 1. The topological polar surface area (TPSA) is 67.6 Å². The van der Waals surface area contributed by atoms with Crippen LogP contribution in [-0.2, 0) is 4.79 Å². The van der Waals surface area contributed by atoms with Crippen LogP contribution in [0.15, 0.2) is 10.6 Å². The van der Waals surface area contributed by atoms with E-state index in [-0.39, 0.29) is 18.6 Å². The lowest BCUT2D eigenvalue weighted by atomic mass is 10.1. The number of aromatic nitrogens is 1. The van der Waals surface area contributed by atoms with E-state index < -0.39 is 0 Å². The molecule has 0 spiro atoms. The number of rotatable bonds is 4. The summed E-state index contributed by atoms with van der Waals surface area (Å²) < 4.78 is 10.1. The van der Waals surface area contributed by atoms with Gasteiger partial charge in [0.1, 0.15) is 5.76 Å². The second kappa shape index (κ2) is 5.86. The van der Waals surface area contributed by atoms with Crippen LogP contribution in [0, 0.1) is 6.92 Å². The summed E-state index contributed by atoms with van der Waals surface area (Å²) >= 11 is 0. The Kier molecular flexibility index (Phi) is 4.19. The molecule has 100 valence electrons. The van der Waals surface area contributed by atoms with Gasteiger partial charge < -0.3 is 19.5 Å². The van der Waals surface area contributed by atoms with Crippen molar-refractivity contribution < 1.29 is 14.1 Å². The van der Waals surface area contributed by atoms with Crippen molar-refractivity contribution in [1.82, 2.24) is 15.4 Å². The number of likely N-dealkylation sites (tertiary alicyclic amines) is 1. The van der Waals surface area contributed by atoms with Gasteiger partial charge in [-0.15, -0.1) is 0 Å². The van der Waals surface area contributed by atoms with E-state index in [1.165, 1.54) is 0 Å². The summed E-state index contributed by atoms with van der Waals surface area (Å²) in [7, 11) is 2.09. The normalized spacial score (nSPS) is 17.7. The Hall–Kier alpha value is -1.56. The molecule has 1 aromatic heterocycles. The highest BCUT2D eigenvalue weighted by molar-refractivity contribution is 5.77. The molecular formula is C12H19N3O3. The third-order valence-electron chi connectivity index (χ3n) is 3.04. The number of nitrogens with one attached hydrogen (secondary N) is 1. The first-order valence-corrected chi connectivity index (χ1v) is 6.17. The molecule has 2 rings (SSSR count). The van der Waals surface area contributed by atoms with Gasteiger partial charge in [-0.3, -0.25) is 4.79 Å². The Balaban J connectivity index is 1.69. The average molecular weight is 253 g/mol. The molecule has 1 aromatic rings. The van der Waals surface area contributed by atoms with Crippen LogP contribution in [-0.4, -0.2) is 48.7 Å². The first-order valence-electron chi connectivity index (χ1n) is 6.17. The number of hydrogen-bond acceptors (Lipinski definition) is 5. The summed E-state index contributed by atoms with van der Waals surface area (Å²) in [5, 5.41) is 6.63. The van der Waals surface area contributed by atoms with Crippen LogP contribution in [0.2, 0.25) is 0 Å². The van der Waals surface area contributed by atoms with E-state index in [0.717, 1.165) is 25.9 Å². The van der Waals surface area contributed by atoms with Gasteiger partial charge in [-0.1, -0.05) is 0 Å². The summed E-state index contributed by atoms with van der Waals surface area (Å²) in [4.78, 5) is 13.9. The zero-order chi connectivity index (χ0) is 13.0. The van der Waals surface area contributed by atoms with Gasteiger partial charge in [0.15, 0.2) is 6.61 Å². The number of carbonyl (C=O) groups excluding carboxylic acids is 1. The average Bonchev–Trinajstić information content (AvgIpc) is 2.76. The third kappa shape index (κ3) is 3.73. The van der Waals surface area contributed by atoms with E-state index in [1.54, 1.807) is 13.0 Å². The highest BCUT2D eigenvalue weighted by Gasteiger charge is 2.18. The minimum absolute atomic E-state index is 0.0156. The van der Waals surface area contributed by atoms with Crippen LogP contribution in [0.5, 0.6) is 5.88 Å². The zero-order valence-electron chi connectivity index (χ0n) is 10.8. The molecule has 1 aliphatic heterocycles. The maximum atomic E-state index is 11.7. The number of carbonyl (C=O) groups is 1. The van der Waals surface area contributed by atoms with E-state index in [0.29, 0.717) is 11.6 Å². The van der Waals surface area contributed by atoms with Crippen molar-refractivity contribution in [1.29, 1.82) is 0 Å². The molecule has 0 atom stereocenters. The molecule has 1 saturated heterocycles. The van der Waals surface area contributed by atoms with Crippen molar-refractivity contribution in [2.45, 2.75) is 25.8 Å². The largest absolute Gasteiger partial charge is 0.465 e. The van der Waals surface area contributed by atoms with Crippen LogP contribution in [0.3, 0.4) is 0 Å². The molecule has 1 fully saturated rings. The summed E-state index contributed by atoms with van der Waals surface area (Å²) in [6.07, 6.45) is 1.98. The number of aryl methyl sites for hydroxylation is 1. The molecule has 6 heteroatoms. The lowest BCUT2D eigenvalue weighted by Crippen LogP contribution is -2.44. The van der Waals surface area contributed by atoms with E-state index >= 15 is 0 Å². The Morgan fingerprint density at radius 1 is 1.61 bits per heavy atom. The van der Waals surface area contributed by atoms with Crippen LogP contribution >= 0.6 is 0 Å². The summed E-state index contributed by atoms with van der Waals surface area (Å²) in [5.41, 5.74) is 0. The maximum Gasteiger partial charge on any atom is 0.258 e. The molecule has 0 radical (unpaired) electrons. The lowest BCUT2D eigenvalue weighted by molar-refractivity contribution is -0.124. The van der Waals surface area contributed by atoms with Crippen molar-refractivity contribution in [3.63, 3.8) is 0 Å². The fourth-order valence-electron chi connectivity index (χ4n) is 1.97. The second-order valence-electron chi connectivity index (χ2n) is 4.71. The second-order valence-corrected chi connectivity index (χ2v) is 4.71. The maximum absolute atomic E-state index is 11.7. The molecule has 2 heterocycles. The minimum Gasteiger partial charge on any atom is -0.465 e. The molecule has 1 N–H and O–H groups in total. The molecule has 0 aromatic carbocycles. The van der Waals surface area contributed by atoms with E-state index in [9.17, 15) is 4.79 Å². The smallest absolute Gasteiger partial charge is 0.258 e. The molecule has 0 bridgehead atoms. The monoisotopic (exact) mass is 253 g/mol. The molecule has 18 heavy (non-hydrogen) atoms. The Bertz CT molecular complexity index is 397. The zero-order valence-corrected chi connectivity index (χ0v) is 10.8. The van der Waals surface area contributed by atoms with Gasteiger partial charge >= 0.3 is 0 Å². The number of nitrogens with zero attached hydrogens (tertiary/aromatic N) is 2. The molecule has 0 saturated carbocycles. The van der Waals surface area contributed by atoms with Crippen LogP contribution in [0.25, 0.3) is 0 Å². The molecule has 6 nitrogen and oxygen atoms in total. The standard InChI is InChI=1S/C12H19N3O3/c1-9-7-12(14-18-9)17-8-11(16)13-10-3-5-15(2)6-4-10/h7,10H,3-6,8H2,1-2H3,(H,13,16). The number of amides is 1. The van der Waals surface area contributed by atoms with Gasteiger partial charge in [0.2, 0.25) is 0 Å². The van der Waals surface area contributed by atoms with Crippen molar-refractivity contribution >= 4 is 5.91 Å². The van der Waals surface area contributed by atoms with Crippen molar-refractivity contribution in [3.05, 3.63) is 11.8 Å².